The second-order valence-electron chi connectivity index (χ2n) is 4.96. The zero-order valence-electron chi connectivity index (χ0n) is 11.4. The van der Waals surface area contributed by atoms with Gasteiger partial charge in [-0.2, -0.15) is 0 Å². The normalized spacial score (nSPS) is 10.8. The summed E-state index contributed by atoms with van der Waals surface area (Å²) < 4.78 is 0. The molecule has 21 heavy (non-hydrogen) atoms. The van der Waals surface area contributed by atoms with Crippen LogP contribution in [0.3, 0.4) is 0 Å². The van der Waals surface area contributed by atoms with Crippen molar-refractivity contribution in [2.75, 3.05) is 0 Å². The topological polar surface area (TPSA) is 20.2 Å². The minimum Gasteiger partial charge on any atom is -0.508 e. The fraction of sp³-hybridized carbons (Fsp3) is 0.0526. The summed E-state index contributed by atoms with van der Waals surface area (Å²) in [5.41, 5.74) is 3.07. The largest absolute Gasteiger partial charge is 0.508 e. The zero-order valence-corrected chi connectivity index (χ0v) is 12.2. The van der Waals surface area contributed by atoms with Crippen LogP contribution in [-0.2, 0) is 0 Å². The Balaban J connectivity index is 2.20. The SMILES string of the molecule is Oc1ccc(Cl)cc1C(c1ccccc1)c1ccccc1. The second kappa shape index (κ2) is 6.02. The molecule has 0 aliphatic heterocycles. The zero-order chi connectivity index (χ0) is 14.7. The van der Waals surface area contributed by atoms with E-state index in [-0.39, 0.29) is 11.7 Å². The van der Waals surface area contributed by atoms with Gasteiger partial charge in [0.2, 0.25) is 0 Å². The van der Waals surface area contributed by atoms with Crippen LogP contribution >= 0.6 is 11.6 Å². The third kappa shape index (κ3) is 2.93. The van der Waals surface area contributed by atoms with Crippen molar-refractivity contribution in [1.29, 1.82) is 0 Å². The van der Waals surface area contributed by atoms with Crippen molar-refractivity contribution >= 4 is 11.6 Å². The first-order chi connectivity index (χ1) is 10.3. The summed E-state index contributed by atoms with van der Waals surface area (Å²) in [4.78, 5) is 0. The van der Waals surface area contributed by atoms with E-state index in [1.54, 1.807) is 12.1 Å². The first-order valence-corrected chi connectivity index (χ1v) is 7.22. The third-order valence-corrected chi connectivity index (χ3v) is 3.80. The summed E-state index contributed by atoms with van der Waals surface area (Å²) >= 11 is 6.12. The van der Waals surface area contributed by atoms with E-state index in [1.807, 2.05) is 42.5 Å². The molecule has 0 radical (unpaired) electrons. The minimum absolute atomic E-state index is 0.0360. The maximum Gasteiger partial charge on any atom is 0.119 e. The van der Waals surface area contributed by atoms with Crippen molar-refractivity contribution in [3.8, 4) is 5.75 Å². The van der Waals surface area contributed by atoms with E-state index in [4.69, 9.17) is 11.6 Å². The Morgan fingerprint density at radius 3 is 1.76 bits per heavy atom. The predicted molar refractivity (Wildman–Crippen MR) is 86.9 cm³/mol. The Morgan fingerprint density at radius 2 is 1.24 bits per heavy atom. The van der Waals surface area contributed by atoms with Crippen molar-refractivity contribution < 1.29 is 5.11 Å². The van der Waals surface area contributed by atoms with Crippen LogP contribution in [0.1, 0.15) is 22.6 Å². The van der Waals surface area contributed by atoms with Gasteiger partial charge in [-0.15, -0.1) is 0 Å². The first kappa shape index (κ1) is 13.7. The monoisotopic (exact) mass is 294 g/mol. The van der Waals surface area contributed by atoms with Crippen LogP contribution in [0, 0.1) is 0 Å². The molecule has 104 valence electrons. The molecule has 2 heteroatoms. The summed E-state index contributed by atoms with van der Waals surface area (Å²) in [7, 11) is 0. The quantitative estimate of drug-likeness (QED) is 0.656. The summed E-state index contributed by atoms with van der Waals surface area (Å²) in [5.74, 6) is 0.225. The van der Waals surface area contributed by atoms with E-state index < -0.39 is 0 Å². The molecule has 0 heterocycles. The standard InChI is InChI=1S/C19H15ClO/c20-16-11-12-18(21)17(13-16)19(14-7-3-1-4-8-14)15-9-5-2-6-10-15/h1-13,19,21H. The minimum atomic E-state index is -0.0360. The summed E-state index contributed by atoms with van der Waals surface area (Å²) in [5, 5.41) is 10.9. The molecule has 0 saturated carbocycles. The van der Waals surface area contributed by atoms with Crippen LogP contribution in [0.2, 0.25) is 5.02 Å². The average Bonchev–Trinajstić information content (AvgIpc) is 2.53. The van der Waals surface area contributed by atoms with Crippen LogP contribution in [0.5, 0.6) is 5.75 Å². The smallest absolute Gasteiger partial charge is 0.119 e. The molecule has 0 aliphatic rings. The van der Waals surface area contributed by atoms with Gasteiger partial charge >= 0.3 is 0 Å². The highest BCUT2D eigenvalue weighted by molar-refractivity contribution is 6.30. The molecule has 3 rings (SSSR count). The molecule has 0 atom stereocenters. The number of hydrogen-bond donors (Lipinski definition) is 1. The van der Waals surface area contributed by atoms with Crippen molar-refractivity contribution in [3.05, 3.63) is 101 Å². The second-order valence-corrected chi connectivity index (χ2v) is 5.39. The van der Waals surface area contributed by atoms with Gasteiger partial charge in [0.1, 0.15) is 5.75 Å². The van der Waals surface area contributed by atoms with Gasteiger partial charge in [-0.1, -0.05) is 72.3 Å². The van der Waals surface area contributed by atoms with E-state index in [9.17, 15) is 5.11 Å². The highest BCUT2D eigenvalue weighted by Gasteiger charge is 2.19. The maximum atomic E-state index is 10.3. The number of benzene rings is 3. The lowest BCUT2D eigenvalue weighted by Gasteiger charge is -2.20. The van der Waals surface area contributed by atoms with E-state index >= 15 is 0 Å². The number of hydrogen-bond acceptors (Lipinski definition) is 1. The molecule has 0 spiro atoms. The molecule has 0 aliphatic carbocycles. The summed E-state index contributed by atoms with van der Waals surface area (Å²) in [6.45, 7) is 0. The molecule has 0 amide bonds. The van der Waals surface area contributed by atoms with Crippen molar-refractivity contribution in [3.63, 3.8) is 0 Å². The molecule has 3 aromatic carbocycles. The maximum absolute atomic E-state index is 10.3. The van der Waals surface area contributed by atoms with Crippen molar-refractivity contribution in [1.82, 2.24) is 0 Å². The fourth-order valence-corrected chi connectivity index (χ4v) is 2.78. The highest BCUT2D eigenvalue weighted by atomic mass is 35.5. The third-order valence-electron chi connectivity index (χ3n) is 3.57. The Bertz CT molecular complexity index is 684. The first-order valence-electron chi connectivity index (χ1n) is 6.84. The molecule has 0 fully saturated rings. The molecule has 1 N–H and O–H groups in total. The molecule has 0 bridgehead atoms. The Labute approximate surface area is 129 Å². The van der Waals surface area contributed by atoms with Crippen LogP contribution in [0.25, 0.3) is 0 Å². The average molecular weight is 295 g/mol. The van der Waals surface area contributed by atoms with Gasteiger partial charge in [-0.05, 0) is 29.3 Å². The molecular weight excluding hydrogens is 280 g/mol. The number of aromatic hydroxyl groups is 1. The van der Waals surface area contributed by atoms with Gasteiger partial charge in [0.25, 0.3) is 0 Å². The fourth-order valence-electron chi connectivity index (χ4n) is 2.60. The van der Waals surface area contributed by atoms with Crippen LogP contribution in [-0.4, -0.2) is 5.11 Å². The van der Waals surface area contributed by atoms with Gasteiger partial charge in [0, 0.05) is 16.5 Å². The molecule has 1 nitrogen and oxygen atoms in total. The van der Waals surface area contributed by atoms with Crippen molar-refractivity contribution in [2.45, 2.75) is 5.92 Å². The van der Waals surface area contributed by atoms with Gasteiger partial charge in [0.15, 0.2) is 0 Å². The van der Waals surface area contributed by atoms with E-state index in [1.165, 1.54) is 0 Å². The number of phenolic OH excluding ortho intramolecular Hbond substituents is 1. The molecule has 0 saturated heterocycles. The predicted octanol–water partition coefficient (Wildman–Crippen LogP) is 5.23. The van der Waals surface area contributed by atoms with Gasteiger partial charge in [-0.25, -0.2) is 0 Å². The Hall–Kier alpha value is -2.25. The van der Waals surface area contributed by atoms with E-state index in [0.717, 1.165) is 16.7 Å². The molecule has 3 aromatic rings. The van der Waals surface area contributed by atoms with E-state index in [0.29, 0.717) is 5.02 Å². The lowest BCUT2D eigenvalue weighted by atomic mass is 9.85. The van der Waals surface area contributed by atoms with Crippen LogP contribution < -0.4 is 0 Å². The van der Waals surface area contributed by atoms with Gasteiger partial charge in [0.05, 0.1) is 0 Å². The van der Waals surface area contributed by atoms with Crippen LogP contribution in [0.15, 0.2) is 78.9 Å². The molecular formula is C19H15ClO. The highest BCUT2D eigenvalue weighted by Crippen LogP contribution is 2.37. The summed E-state index contributed by atoms with van der Waals surface area (Å²) in [6.07, 6.45) is 0. The lowest BCUT2D eigenvalue weighted by Crippen LogP contribution is -2.03. The number of rotatable bonds is 3. The Kier molecular flexibility index (Phi) is 3.94. The van der Waals surface area contributed by atoms with Crippen molar-refractivity contribution in [2.24, 2.45) is 0 Å². The molecule has 0 unspecified atom stereocenters. The Morgan fingerprint density at radius 1 is 0.714 bits per heavy atom. The molecule has 0 aromatic heterocycles. The van der Waals surface area contributed by atoms with Crippen LogP contribution in [0.4, 0.5) is 0 Å². The number of halogens is 1. The lowest BCUT2D eigenvalue weighted by molar-refractivity contribution is 0.467. The van der Waals surface area contributed by atoms with Gasteiger partial charge < -0.3 is 5.11 Å². The van der Waals surface area contributed by atoms with Gasteiger partial charge in [-0.3, -0.25) is 0 Å². The summed E-state index contributed by atoms with van der Waals surface area (Å²) in [6, 6.07) is 25.5. The van der Waals surface area contributed by atoms with E-state index in [2.05, 4.69) is 24.3 Å². The number of phenols is 1.